The summed E-state index contributed by atoms with van der Waals surface area (Å²) in [7, 11) is 0. The Morgan fingerprint density at radius 1 is 1.20 bits per heavy atom. The maximum Gasteiger partial charge on any atom is 0.416 e. The molecule has 20 heavy (non-hydrogen) atoms. The third-order valence-electron chi connectivity index (χ3n) is 3.92. The van der Waals surface area contributed by atoms with Crippen LogP contribution in [0.3, 0.4) is 0 Å². The van der Waals surface area contributed by atoms with Crippen LogP contribution in [0.1, 0.15) is 54.9 Å². The first-order valence-corrected chi connectivity index (χ1v) is 6.77. The van der Waals surface area contributed by atoms with Crippen molar-refractivity contribution in [2.45, 2.75) is 50.8 Å². The van der Waals surface area contributed by atoms with Crippen molar-refractivity contribution in [3.63, 3.8) is 0 Å². The molecule has 5 heteroatoms. The van der Waals surface area contributed by atoms with Crippen LogP contribution in [0.25, 0.3) is 0 Å². The molecule has 2 nitrogen and oxygen atoms in total. The van der Waals surface area contributed by atoms with Crippen LogP contribution in [-0.2, 0) is 10.9 Å². The maximum atomic E-state index is 12.4. The number of benzene rings is 1. The van der Waals surface area contributed by atoms with Gasteiger partial charge in [-0.2, -0.15) is 13.2 Å². The number of esters is 1. The van der Waals surface area contributed by atoms with Crippen molar-refractivity contribution in [1.29, 1.82) is 0 Å². The first-order valence-electron chi connectivity index (χ1n) is 6.77. The zero-order valence-electron chi connectivity index (χ0n) is 11.3. The summed E-state index contributed by atoms with van der Waals surface area (Å²) in [6, 6.07) is 4.15. The van der Waals surface area contributed by atoms with Crippen molar-refractivity contribution in [1.82, 2.24) is 0 Å². The van der Waals surface area contributed by atoms with Crippen molar-refractivity contribution in [2.24, 2.45) is 0 Å². The second kappa shape index (κ2) is 5.46. The molecule has 0 unspecified atom stereocenters. The van der Waals surface area contributed by atoms with Crippen LogP contribution in [0.4, 0.5) is 13.2 Å². The maximum absolute atomic E-state index is 12.4. The van der Waals surface area contributed by atoms with Gasteiger partial charge in [0.15, 0.2) is 0 Å². The Labute approximate surface area is 115 Å². The van der Waals surface area contributed by atoms with E-state index in [1.807, 2.05) is 6.92 Å². The lowest BCUT2D eigenvalue weighted by atomic mass is 9.98. The van der Waals surface area contributed by atoms with E-state index >= 15 is 0 Å². The van der Waals surface area contributed by atoms with E-state index in [4.69, 9.17) is 4.74 Å². The second-order valence-corrected chi connectivity index (χ2v) is 5.21. The minimum absolute atomic E-state index is 0.165. The molecule has 1 aromatic carbocycles. The van der Waals surface area contributed by atoms with E-state index in [1.165, 1.54) is 12.1 Å². The molecule has 0 aromatic heterocycles. The van der Waals surface area contributed by atoms with Gasteiger partial charge >= 0.3 is 12.1 Å². The van der Waals surface area contributed by atoms with Crippen LogP contribution >= 0.6 is 0 Å². The molecule has 0 atom stereocenters. The SMILES string of the molecule is CCC1(OC(=O)c2ccc(C(F)(F)F)cc2)CCCC1. The highest BCUT2D eigenvalue weighted by Crippen LogP contribution is 2.36. The smallest absolute Gasteiger partial charge is 0.416 e. The summed E-state index contributed by atoms with van der Waals surface area (Å²) >= 11 is 0. The van der Waals surface area contributed by atoms with Crippen molar-refractivity contribution in [3.8, 4) is 0 Å². The Balaban J connectivity index is 2.10. The number of ether oxygens (including phenoxy) is 1. The molecule has 2 rings (SSSR count). The average molecular weight is 286 g/mol. The normalized spacial score (nSPS) is 18.0. The van der Waals surface area contributed by atoms with Crippen molar-refractivity contribution < 1.29 is 22.7 Å². The van der Waals surface area contributed by atoms with Crippen LogP contribution in [0.5, 0.6) is 0 Å². The number of hydrogen-bond acceptors (Lipinski definition) is 2. The Morgan fingerprint density at radius 3 is 2.20 bits per heavy atom. The van der Waals surface area contributed by atoms with Gasteiger partial charge in [0.2, 0.25) is 0 Å². The Morgan fingerprint density at radius 2 is 1.75 bits per heavy atom. The highest BCUT2D eigenvalue weighted by Gasteiger charge is 2.36. The van der Waals surface area contributed by atoms with E-state index in [-0.39, 0.29) is 5.56 Å². The van der Waals surface area contributed by atoms with Gasteiger partial charge in [0, 0.05) is 0 Å². The fourth-order valence-corrected chi connectivity index (χ4v) is 2.60. The number of alkyl halides is 3. The lowest BCUT2D eigenvalue weighted by Gasteiger charge is -2.27. The quantitative estimate of drug-likeness (QED) is 0.760. The predicted octanol–water partition coefficient (Wildman–Crippen LogP) is 4.59. The lowest BCUT2D eigenvalue weighted by molar-refractivity contribution is -0.137. The van der Waals surface area contributed by atoms with Crippen LogP contribution in [0.15, 0.2) is 24.3 Å². The molecule has 1 aliphatic rings. The summed E-state index contributed by atoms with van der Waals surface area (Å²) in [6.45, 7) is 1.96. The zero-order valence-corrected chi connectivity index (χ0v) is 11.3. The van der Waals surface area contributed by atoms with Crippen LogP contribution in [-0.4, -0.2) is 11.6 Å². The summed E-state index contributed by atoms with van der Waals surface area (Å²) in [4.78, 5) is 12.0. The fraction of sp³-hybridized carbons (Fsp3) is 0.533. The molecule has 0 N–H and O–H groups in total. The van der Waals surface area contributed by atoms with Gasteiger partial charge in [-0.25, -0.2) is 4.79 Å². The van der Waals surface area contributed by atoms with Gasteiger partial charge in [-0.3, -0.25) is 0 Å². The topological polar surface area (TPSA) is 26.3 Å². The first kappa shape index (κ1) is 14.9. The molecule has 0 aliphatic heterocycles. The van der Waals surface area contributed by atoms with E-state index in [0.29, 0.717) is 0 Å². The second-order valence-electron chi connectivity index (χ2n) is 5.21. The molecule has 0 radical (unpaired) electrons. The number of halogens is 3. The third-order valence-corrected chi connectivity index (χ3v) is 3.92. The Kier molecular flexibility index (Phi) is 4.06. The fourth-order valence-electron chi connectivity index (χ4n) is 2.60. The predicted molar refractivity (Wildman–Crippen MR) is 68.3 cm³/mol. The van der Waals surface area contributed by atoms with Gasteiger partial charge in [0.1, 0.15) is 5.60 Å². The molecule has 0 spiro atoms. The lowest BCUT2D eigenvalue weighted by Crippen LogP contribution is -2.31. The molecule has 0 bridgehead atoms. The van der Waals surface area contributed by atoms with Gasteiger partial charge in [-0.05, 0) is 56.4 Å². The zero-order chi connectivity index (χ0) is 14.8. The summed E-state index contributed by atoms with van der Waals surface area (Å²) in [6.07, 6.45) is 0.0475. The molecular formula is C15H17F3O2. The summed E-state index contributed by atoms with van der Waals surface area (Å²) < 4.78 is 42.9. The van der Waals surface area contributed by atoms with E-state index < -0.39 is 23.3 Å². The third kappa shape index (κ3) is 3.14. The van der Waals surface area contributed by atoms with E-state index in [1.54, 1.807) is 0 Å². The van der Waals surface area contributed by atoms with Crippen molar-refractivity contribution >= 4 is 5.97 Å². The first-order chi connectivity index (χ1) is 9.36. The van der Waals surface area contributed by atoms with Crippen molar-refractivity contribution in [2.75, 3.05) is 0 Å². The van der Waals surface area contributed by atoms with Gasteiger partial charge in [0.05, 0.1) is 11.1 Å². The highest BCUT2D eigenvalue weighted by atomic mass is 19.4. The number of carbonyl (C=O) groups is 1. The largest absolute Gasteiger partial charge is 0.455 e. The summed E-state index contributed by atoms with van der Waals surface area (Å²) in [5, 5.41) is 0. The standard InChI is InChI=1S/C15H17F3O2/c1-2-14(9-3-4-10-14)20-13(19)11-5-7-12(8-6-11)15(16,17)18/h5-8H,2-4,9-10H2,1H3. The van der Waals surface area contributed by atoms with Crippen LogP contribution in [0, 0.1) is 0 Å². The van der Waals surface area contributed by atoms with Gasteiger partial charge in [0.25, 0.3) is 0 Å². The summed E-state index contributed by atoms with van der Waals surface area (Å²) in [5.74, 6) is -0.539. The Hall–Kier alpha value is -1.52. The average Bonchev–Trinajstić information content (AvgIpc) is 2.87. The van der Waals surface area contributed by atoms with E-state index in [9.17, 15) is 18.0 Å². The summed E-state index contributed by atoms with van der Waals surface area (Å²) in [5.41, 5.74) is -1.03. The number of carbonyl (C=O) groups excluding carboxylic acids is 1. The number of rotatable bonds is 3. The minimum atomic E-state index is -4.39. The Bertz CT molecular complexity index is 471. The van der Waals surface area contributed by atoms with Gasteiger partial charge in [-0.15, -0.1) is 0 Å². The molecule has 0 amide bonds. The minimum Gasteiger partial charge on any atom is -0.455 e. The molecule has 0 heterocycles. The molecule has 1 aliphatic carbocycles. The molecule has 1 aromatic rings. The van der Waals surface area contributed by atoms with Crippen LogP contribution in [0.2, 0.25) is 0 Å². The molecule has 1 saturated carbocycles. The van der Waals surface area contributed by atoms with Gasteiger partial charge < -0.3 is 4.74 Å². The van der Waals surface area contributed by atoms with Crippen molar-refractivity contribution in [3.05, 3.63) is 35.4 Å². The number of hydrogen-bond donors (Lipinski definition) is 0. The monoisotopic (exact) mass is 286 g/mol. The molecule has 1 fully saturated rings. The molecular weight excluding hydrogens is 269 g/mol. The molecule has 0 saturated heterocycles. The van der Waals surface area contributed by atoms with E-state index in [0.717, 1.165) is 44.2 Å². The van der Waals surface area contributed by atoms with E-state index in [2.05, 4.69) is 0 Å². The molecule has 110 valence electrons. The van der Waals surface area contributed by atoms with Crippen LogP contribution < -0.4 is 0 Å². The van der Waals surface area contributed by atoms with Gasteiger partial charge in [-0.1, -0.05) is 6.92 Å². The highest BCUT2D eigenvalue weighted by molar-refractivity contribution is 5.89.